The van der Waals surface area contributed by atoms with Crippen LogP contribution in [0.3, 0.4) is 0 Å². The molecule has 20 heavy (non-hydrogen) atoms. The molecule has 1 aromatic heterocycles. The van der Waals surface area contributed by atoms with Gasteiger partial charge in [0, 0.05) is 26.2 Å². The predicted molar refractivity (Wildman–Crippen MR) is 88.9 cm³/mol. The van der Waals surface area contributed by atoms with Gasteiger partial charge in [-0.05, 0) is 44.1 Å². The van der Waals surface area contributed by atoms with Gasteiger partial charge in [0.1, 0.15) is 9.21 Å². The number of hydrogen-bond donors (Lipinski definition) is 2. The number of aromatic nitrogens is 2. The van der Waals surface area contributed by atoms with Crippen LogP contribution in [-0.4, -0.2) is 59.4 Å². The normalized spacial score (nSPS) is 15.9. The quantitative estimate of drug-likeness (QED) is 0.712. The van der Waals surface area contributed by atoms with Crippen LogP contribution >= 0.6 is 44.1 Å². The highest BCUT2D eigenvalue weighted by Crippen LogP contribution is 2.18. The Morgan fingerprint density at radius 3 is 2.85 bits per heavy atom. The van der Waals surface area contributed by atoms with Gasteiger partial charge in [-0.3, -0.25) is 4.90 Å². The van der Waals surface area contributed by atoms with E-state index in [9.17, 15) is 0 Å². The Kier molecular flexibility index (Phi) is 6.56. The van der Waals surface area contributed by atoms with Crippen molar-refractivity contribution >= 4 is 55.0 Å². The molecule has 0 spiro atoms. The summed E-state index contributed by atoms with van der Waals surface area (Å²) in [6.45, 7) is 5.30. The van der Waals surface area contributed by atoms with Crippen LogP contribution in [0.25, 0.3) is 0 Å². The number of nitrogens with zero attached hydrogens (tertiary/aromatic N) is 3. The monoisotopic (exact) mass is 423 g/mol. The second-order valence-electron chi connectivity index (χ2n) is 4.17. The van der Waals surface area contributed by atoms with Gasteiger partial charge in [-0.25, -0.2) is 9.97 Å². The molecule has 2 rings (SSSR count). The molecule has 0 atom stereocenters. The highest BCUT2D eigenvalue weighted by atomic mass is 79.9. The average Bonchev–Trinajstić information content (AvgIpc) is 2.43. The second kappa shape index (κ2) is 8.18. The molecule has 0 aliphatic carbocycles. The molecule has 0 unspecified atom stereocenters. The van der Waals surface area contributed by atoms with Gasteiger partial charge < -0.3 is 15.4 Å². The van der Waals surface area contributed by atoms with Crippen LogP contribution in [0.2, 0.25) is 0 Å². The molecule has 0 bridgehead atoms. The summed E-state index contributed by atoms with van der Waals surface area (Å²) < 4.78 is 6.59. The topological polar surface area (TPSA) is 62.3 Å². The van der Waals surface area contributed by atoms with Crippen LogP contribution in [0.4, 0.5) is 5.82 Å². The number of thiocarbonyl (C=S) groups is 1. The maximum Gasteiger partial charge on any atom is 0.172 e. The van der Waals surface area contributed by atoms with Gasteiger partial charge in [-0.15, -0.1) is 0 Å². The molecule has 0 amide bonds. The van der Waals surface area contributed by atoms with Crippen molar-refractivity contribution in [3.05, 3.63) is 15.4 Å². The number of halogens is 2. The van der Waals surface area contributed by atoms with Crippen molar-refractivity contribution in [1.82, 2.24) is 20.2 Å². The largest absolute Gasteiger partial charge is 0.379 e. The maximum atomic E-state index is 5.30. The van der Waals surface area contributed by atoms with E-state index in [4.69, 9.17) is 17.0 Å². The van der Waals surface area contributed by atoms with E-state index in [0.717, 1.165) is 39.4 Å². The van der Waals surface area contributed by atoms with Crippen LogP contribution in [-0.2, 0) is 4.74 Å². The first-order valence-corrected chi connectivity index (χ1v) is 8.17. The van der Waals surface area contributed by atoms with E-state index in [2.05, 4.69) is 57.4 Å². The van der Waals surface area contributed by atoms with Gasteiger partial charge in [0.15, 0.2) is 10.9 Å². The van der Waals surface area contributed by atoms with Crippen molar-refractivity contribution in [3.8, 4) is 0 Å². The summed E-state index contributed by atoms with van der Waals surface area (Å²) in [7, 11) is 0. The third-order valence-electron chi connectivity index (χ3n) is 2.75. The lowest BCUT2D eigenvalue weighted by atomic mass is 10.4. The molecular formula is C11H15Br2N5OS. The highest BCUT2D eigenvalue weighted by Gasteiger charge is 2.10. The Morgan fingerprint density at radius 2 is 2.15 bits per heavy atom. The van der Waals surface area contributed by atoms with Crippen molar-refractivity contribution in [2.45, 2.75) is 0 Å². The molecule has 0 saturated carbocycles. The number of nitrogens with one attached hydrogen (secondary N) is 2. The van der Waals surface area contributed by atoms with E-state index in [0.29, 0.717) is 20.1 Å². The molecule has 6 nitrogen and oxygen atoms in total. The first-order chi connectivity index (χ1) is 9.65. The number of morpholine rings is 1. The Hall–Kier alpha value is -0.350. The smallest absolute Gasteiger partial charge is 0.172 e. The van der Waals surface area contributed by atoms with E-state index >= 15 is 0 Å². The lowest BCUT2D eigenvalue weighted by molar-refractivity contribution is 0.0389. The number of anilines is 1. The zero-order chi connectivity index (χ0) is 14.4. The number of hydrogen-bond acceptors (Lipinski definition) is 5. The Bertz CT molecular complexity index is 470. The summed E-state index contributed by atoms with van der Waals surface area (Å²) in [6.07, 6.45) is 1.61. The molecule has 9 heteroatoms. The first-order valence-electron chi connectivity index (χ1n) is 6.18. The highest BCUT2D eigenvalue weighted by molar-refractivity contribution is 9.11. The van der Waals surface area contributed by atoms with E-state index in [-0.39, 0.29) is 0 Å². The van der Waals surface area contributed by atoms with Gasteiger partial charge in [-0.1, -0.05) is 0 Å². The molecule has 1 aliphatic rings. The Morgan fingerprint density at radius 1 is 1.40 bits per heavy atom. The van der Waals surface area contributed by atoms with E-state index < -0.39 is 0 Å². The van der Waals surface area contributed by atoms with Crippen LogP contribution in [0.5, 0.6) is 0 Å². The minimum Gasteiger partial charge on any atom is -0.379 e. The Labute approximate surface area is 139 Å². The van der Waals surface area contributed by atoms with Crippen molar-refractivity contribution in [3.63, 3.8) is 0 Å². The zero-order valence-electron chi connectivity index (χ0n) is 10.7. The summed E-state index contributed by atoms with van der Waals surface area (Å²) in [5.41, 5.74) is 0. The third kappa shape index (κ3) is 5.21. The molecule has 2 heterocycles. The van der Waals surface area contributed by atoms with Gasteiger partial charge in [-0.2, -0.15) is 0 Å². The van der Waals surface area contributed by atoms with E-state index in [1.54, 1.807) is 6.20 Å². The summed E-state index contributed by atoms with van der Waals surface area (Å²) in [6, 6.07) is 0. The fourth-order valence-corrected chi connectivity index (χ4v) is 2.84. The first kappa shape index (κ1) is 16.0. The fraction of sp³-hybridized carbons (Fsp3) is 0.545. The zero-order valence-corrected chi connectivity index (χ0v) is 14.7. The molecule has 0 aromatic carbocycles. The molecule has 2 N–H and O–H groups in total. The molecule has 1 fully saturated rings. The lowest BCUT2D eigenvalue weighted by Gasteiger charge is -2.26. The fourth-order valence-electron chi connectivity index (χ4n) is 1.73. The summed E-state index contributed by atoms with van der Waals surface area (Å²) in [4.78, 5) is 10.7. The number of ether oxygens (including phenoxy) is 1. The van der Waals surface area contributed by atoms with Crippen molar-refractivity contribution in [2.24, 2.45) is 0 Å². The van der Waals surface area contributed by atoms with Crippen LogP contribution < -0.4 is 10.6 Å². The SMILES string of the molecule is S=C(NCCN1CCOCC1)Nc1ncc(Br)nc1Br. The molecule has 110 valence electrons. The minimum atomic E-state index is 0.538. The van der Waals surface area contributed by atoms with Crippen LogP contribution in [0.15, 0.2) is 15.4 Å². The van der Waals surface area contributed by atoms with Gasteiger partial charge in [0.2, 0.25) is 0 Å². The molecular weight excluding hydrogens is 410 g/mol. The summed E-state index contributed by atoms with van der Waals surface area (Å²) >= 11 is 11.8. The average molecular weight is 425 g/mol. The minimum absolute atomic E-state index is 0.538. The predicted octanol–water partition coefficient (Wildman–Crippen LogP) is 1.62. The molecule has 1 aliphatic heterocycles. The van der Waals surface area contributed by atoms with Crippen molar-refractivity contribution in [2.75, 3.05) is 44.7 Å². The van der Waals surface area contributed by atoms with E-state index in [1.807, 2.05) is 0 Å². The number of rotatable bonds is 4. The van der Waals surface area contributed by atoms with Crippen molar-refractivity contribution in [1.29, 1.82) is 0 Å². The molecule has 0 radical (unpaired) electrons. The molecule has 1 aromatic rings. The summed E-state index contributed by atoms with van der Waals surface area (Å²) in [5.74, 6) is 0.595. The van der Waals surface area contributed by atoms with Gasteiger partial charge in [0.25, 0.3) is 0 Å². The Balaban J connectivity index is 1.72. The van der Waals surface area contributed by atoms with Crippen LogP contribution in [0, 0.1) is 0 Å². The van der Waals surface area contributed by atoms with Gasteiger partial charge >= 0.3 is 0 Å². The second-order valence-corrected chi connectivity index (χ2v) is 6.14. The van der Waals surface area contributed by atoms with Crippen molar-refractivity contribution < 1.29 is 4.74 Å². The van der Waals surface area contributed by atoms with Gasteiger partial charge in [0.05, 0.1) is 19.4 Å². The van der Waals surface area contributed by atoms with Crippen LogP contribution in [0.1, 0.15) is 0 Å². The maximum absolute atomic E-state index is 5.30. The molecule has 1 saturated heterocycles. The standard InChI is InChI=1S/C11H15Br2N5OS/c12-8-7-15-10(9(13)16-8)17-11(20)14-1-2-18-3-5-19-6-4-18/h7H,1-6H2,(H2,14,15,17,20). The lowest BCUT2D eigenvalue weighted by Crippen LogP contribution is -2.42. The van der Waals surface area contributed by atoms with E-state index in [1.165, 1.54) is 0 Å². The summed E-state index contributed by atoms with van der Waals surface area (Å²) in [5, 5.41) is 6.71. The third-order valence-corrected chi connectivity index (χ3v) is 3.93.